The number of nitrogens with zero attached hydrogens (tertiary/aromatic N) is 4. The molecule has 2 aliphatic heterocycles. The molecule has 0 saturated heterocycles. The minimum atomic E-state index is -0.182. The molecule has 0 amide bonds. The Labute approximate surface area is 79.8 Å². The molecule has 0 aromatic carbocycles. The Kier molecular flexibility index (Phi) is 1.59. The topological polar surface area (TPSA) is 52.7 Å². The van der Waals surface area contributed by atoms with Gasteiger partial charge in [0.1, 0.15) is 12.0 Å². The van der Waals surface area contributed by atoms with Gasteiger partial charge in [-0.25, -0.2) is 14.8 Å². The van der Waals surface area contributed by atoms with Crippen molar-refractivity contribution in [1.29, 1.82) is 0 Å². The Morgan fingerprint density at radius 1 is 1.31 bits per heavy atom. The van der Waals surface area contributed by atoms with E-state index in [1.807, 2.05) is 0 Å². The summed E-state index contributed by atoms with van der Waals surface area (Å²) in [5, 5.41) is 0.426. The zero-order valence-electron chi connectivity index (χ0n) is 7.18. The maximum atomic E-state index is 11.5. The van der Waals surface area contributed by atoms with Crippen LogP contribution in [0.4, 0.5) is 0 Å². The predicted molar refractivity (Wildman–Crippen MR) is 48.5 cm³/mol. The van der Waals surface area contributed by atoms with Gasteiger partial charge in [0.2, 0.25) is 0 Å². The van der Waals surface area contributed by atoms with E-state index in [-0.39, 0.29) is 5.69 Å². The van der Waals surface area contributed by atoms with Crippen LogP contribution >= 0.6 is 0 Å². The van der Waals surface area contributed by atoms with Crippen molar-refractivity contribution in [3.63, 3.8) is 0 Å². The summed E-state index contributed by atoms with van der Waals surface area (Å²) in [5.74, 6) is 0.535. The largest absolute Gasteiger partial charge is 0.760 e. The van der Waals surface area contributed by atoms with E-state index in [1.165, 1.54) is 15.5 Å². The summed E-state index contributed by atoms with van der Waals surface area (Å²) >= 11 is 5.04. The minimum absolute atomic E-state index is 0.182. The summed E-state index contributed by atoms with van der Waals surface area (Å²) in [5.41, 5.74) is 0.414. The van der Waals surface area contributed by atoms with Crippen molar-refractivity contribution in [2.45, 2.75) is 5.03 Å². The summed E-state index contributed by atoms with van der Waals surface area (Å²) in [6.45, 7) is 0. The van der Waals surface area contributed by atoms with E-state index in [4.69, 9.17) is 12.6 Å². The van der Waals surface area contributed by atoms with Crippen LogP contribution in [0.3, 0.4) is 0 Å². The lowest BCUT2D eigenvalue weighted by Gasteiger charge is -2.18. The van der Waals surface area contributed by atoms with Crippen LogP contribution in [0.2, 0.25) is 0 Å². The fourth-order valence-electron chi connectivity index (χ4n) is 1.22. The Morgan fingerprint density at radius 3 is 2.69 bits per heavy atom. The molecule has 2 heterocycles. The van der Waals surface area contributed by atoms with Crippen LogP contribution in [0, 0.1) is 0 Å². The van der Waals surface area contributed by atoms with E-state index in [0.717, 1.165) is 0 Å². The van der Waals surface area contributed by atoms with Crippen molar-refractivity contribution in [3.05, 3.63) is 16.8 Å². The highest BCUT2D eigenvalue weighted by atomic mass is 32.1. The van der Waals surface area contributed by atoms with E-state index >= 15 is 0 Å². The molecule has 13 heavy (non-hydrogen) atoms. The summed E-state index contributed by atoms with van der Waals surface area (Å²) in [7, 11) is 3.27. The molecule has 2 rings (SSSR count). The number of hydrogen-bond acceptors (Lipinski definition) is 4. The molecule has 0 fully saturated rings. The highest BCUT2D eigenvalue weighted by Gasteiger charge is 2.12. The zero-order chi connectivity index (χ0) is 9.59. The Balaban J connectivity index is 3.02. The molecule has 0 aromatic rings. The maximum absolute atomic E-state index is 11.5. The van der Waals surface area contributed by atoms with Gasteiger partial charge in [-0.2, -0.15) is 0 Å². The third-order valence-corrected chi connectivity index (χ3v) is 2.44. The molecule has 0 spiro atoms. The zero-order valence-corrected chi connectivity index (χ0v) is 8.00. The molecular formula is C7H7N4OS-. The number of rotatable bonds is 0. The average Bonchev–Trinajstić information content (AvgIpc) is 2.59. The molecule has 5 nitrogen and oxygen atoms in total. The molecule has 0 bridgehead atoms. The first-order chi connectivity index (χ1) is 6.13. The number of fused-ring (bicyclic) bond motifs is 1. The van der Waals surface area contributed by atoms with Crippen LogP contribution in [-0.4, -0.2) is 19.1 Å². The van der Waals surface area contributed by atoms with Crippen LogP contribution in [0.1, 0.15) is 0 Å². The van der Waals surface area contributed by atoms with Gasteiger partial charge in [-0.15, -0.1) is 0 Å². The van der Waals surface area contributed by atoms with Gasteiger partial charge in [0.15, 0.2) is 5.82 Å². The normalized spacial score (nSPS) is 10.9. The van der Waals surface area contributed by atoms with Gasteiger partial charge in [-0.3, -0.25) is 4.57 Å². The second-order valence-electron chi connectivity index (χ2n) is 2.75. The molecular weight excluding hydrogens is 188 g/mol. The minimum Gasteiger partial charge on any atom is -0.760 e. The van der Waals surface area contributed by atoms with Crippen LogP contribution in [0.25, 0.3) is 11.5 Å². The molecule has 68 valence electrons. The van der Waals surface area contributed by atoms with Crippen molar-refractivity contribution in [1.82, 2.24) is 19.1 Å². The molecule has 0 atom stereocenters. The molecule has 0 aromatic heterocycles. The summed E-state index contributed by atoms with van der Waals surface area (Å²) < 4.78 is 2.81. The lowest BCUT2D eigenvalue weighted by atomic mass is 10.4. The Hall–Kier alpha value is -1.43. The second kappa shape index (κ2) is 2.53. The average molecular weight is 195 g/mol. The van der Waals surface area contributed by atoms with Crippen molar-refractivity contribution in [3.8, 4) is 11.5 Å². The lowest BCUT2D eigenvalue weighted by molar-refractivity contribution is 0.651. The van der Waals surface area contributed by atoms with Crippen LogP contribution < -0.4 is 5.69 Å². The smallest absolute Gasteiger partial charge is 0.327 e. The van der Waals surface area contributed by atoms with Gasteiger partial charge >= 0.3 is 5.69 Å². The molecule has 0 N–H and O–H groups in total. The molecule has 0 saturated carbocycles. The standard InChI is InChI=1S/C7H8N4OS/c1-10-5-4(8-3-9-5)6(13)11(2)7(10)12/h3,13H,1-2H3/p-1. The van der Waals surface area contributed by atoms with Gasteiger partial charge in [0.05, 0.1) is 0 Å². The Morgan fingerprint density at radius 2 is 2.00 bits per heavy atom. The van der Waals surface area contributed by atoms with E-state index < -0.39 is 0 Å². The summed E-state index contributed by atoms with van der Waals surface area (Å²) in [6.07, 6.45) is 1.40. The van der Waals surface area contributed by atoms with Crippen molar-refractivity contribution >= 4 is 12.6 Å². The maximum Gasteiger partial charge on any atom is 0.327 e. The lowest BCUT2D eigenvalue weighted by Crippen LogP contribution is -2.30. The van der Waals surface area contributed by atoms with Crippen LogP contribution in [-0.2, 0) is 26.7 Å². The van der Waals surface area contributed by atoms with Crippen LogP contribution in [0.5, 0.6) is 0 Å². The fourth-order valence-corrected chi connectivity index (χ4v) is 1.44. The summed E-state index contributed by atoms with van der Waals surface area (Å²) in [6, 6.07) is 0. The predicted octanol–water partition coefficient (Wildman–Crippen LogP) is -0.476. The quantitative estimate of drug-likeness (QED) is 0.421. The fraction of sp³-hybridized carbons (Fsp3) is 0.286. The Bertz CT molecular complexity index is 486. The highest BCUT2D eigenvalue weighted by molar-refractivity contribution is 7.58. The molecule has 6 heteroatoms. The molecule has 0 aliphatic carbocycles. The molecule has 2 aliphatic rings. The van der Waals surface area contributed by atoms with E-state index in [1.54, 1.807) is 14.1 Å². The van der Waals surface area contributed by atoms with Gasteiger partial charge in [-0.05, 0) is 0 Å². The SMILES string of the molecule is Cn1c2ncnc-2c([S-])n(C)c1=O. The first-order valence-corrected chi connectivity index (χ1v) is 4.07. The van der Waals surface area contributed by atoms with Crippen molar-refractivity contribution in [2.24, 2.45) is 14.1 Å². The molecule has 0 radical (unpaired) electrons. The van der Waals surface area contributed by atoms with E-state index in [9.17, 15) is 4.79 Å². The van der Waals surface area contributed by atoms with Crippen LogP contribution in [0.15, 0.2) is 16.1 Å². The highest BCUT2D eigenvalue weighted by Crippen LogP contribution is 2.17. The van der Waals surface area contributed by atoms with Crippen molar-refractivity contribution in [2.75, 3.05) is 0 Å². The number of aromatic nitrogens is 4. The summed E-state index contributed by atoms with van der Waals surface area (Å²) in [4.78, 5) is 19.4. The van der Waals surface area contributed by atoms with E-state index in [0.29, 0.717) is 16.5 Å². The number of imidazole rings is 1. The van der Waals surface area contributed by atoms with Gasteiger partial charge in [0, 0.05) is 14.1 Å². The van der Waals surface area contributed by atoms with Crippen molar-refractivity contribution < 1.29 is 0 Å². The second-order valence-corrected chi connectivity index (χ2v) is 3.14. The van der Waals surface area contributed by atoms with E-state index in [2.05, 4.69) is 9.97 Å². The van der Waals surface area contributed by atoms with Gasteiger partial charge in [-0.1, -0.05) is 5.03 Å². The third kappa shape index (κ3) is 0.951. The first-order valence-electron chi connectivity index (χ1n) is 3.66. The number of hydrogen-bond donors (Lipinski definition) is 0. The first kappa shape index (κ1) is 8.18. The third-order valence-electron chi connectivity index (χ3n) is 1.98. The van der Waals surface area contributed by atoms with Gasteiger partial charge in [0.25, 0.3) is 0 Å². The monoisotopic (exact) mass is 195 g/mol. The van der Waals surface area contributed by atoms with Gasteiger partial charge < -0.3 is 17.2 Å². The molecule has 0 unspecified atom stereocenters.